The second-order valence-corrected chi connectivity index (χ2v) is 0.570. The van der Waals surface area contributed by atoms with Crippen LogP contribution in [0.3, 0.4) is 0 Å². The van der Waals surface area contributed by atoms with Crippen molar-refractivity contribution in [2.24, 2.45) is 0 Å². The summed E-state index contributed by atoms with van der Waals surface area (Å²) in [5, 5.41) is 36.2. The molecule has 0 aliphatic rings. The summed E-state index contributed by atoms with van der Waals surface area (Å²) < 4.78 is 0. The van der Waals surface area contributed by atoms with Gasteiger partial charge in [0.2, 0.25) is 0 Å². The number of nitrogens with zero attached hydrogens (tertiary/aromatic N) is 1. The fraction of sp³-hybridized carbons (Fsp3) is 0. The predicted octanol–water partition coefficient (Wildman–Crippen LogP) is -5.29. The zero-order valence-electron chi connectivity index (χ0n) is 4.59. The number of rotatable bonds is 0. The molecule has 0 aromatic carbocycles. The van der Waals surface area contributed by atoms with E-state index in [1.165, 1.54) is 0 Å². The van der Waals surface area contributed by atoms with Crippen molar-refractivity contribution in [1.29, 1.82) is 0 Å². The largest absolute Gasteiger partial charge is 1.00 e. The van der Waals surface area contributed by atoms with E-state index in [1.807, 2.05) is 0 Å². The molecule has 0 radical (unpaired) electrons. The van der Waals surface area contributed by atoms with Gasteiger partial charge in [-0.2, -0.15) is 0 Å². The van der Waals surface area contributed by atoms with Crippen molar-refractivity contribution >= 4 is 7.32 Å². The third-order valence-electron chi connectivity index (χ3n) is 0. The van der Waals surface area contributed by atoms with E-state index >= 15 is 0 Å². The predicted molar refractivity (Wildman–Crippen MR) is 22.8 cm³/mol. The van der Waals surface area contributed by atoms with Crippen LogP contribution in [-0.2, 0) is 0 Å². The van der Waals surface area contributed by atoms with Gasteiger partial charge in [0.15, 0.2) is 0 Å². The van der Waals surface area contributed by atoms with Crippen molar-refractivity contribution in [2.75, 3.05) is 0 Å². The maximum absolute atomic E-state index is 8.25. The molecule has 0 saturated carbocycles. The molecule has 48 valence electrons. The summed E-state index contributed by atoms with van der Waals surface area (Å²) >= 11 is 0. The fourth-order valence-corrected chi connectivity index (χ4v) is 0. The Labute approximate surface area is 72.5 Å². The minimum atomic E-state index is -2.17. The maximum Gasteiger partial charge on any atom is 1.00 e. The molecule has 9 heavy (non-hydrogen) atoms. The average molecular weight is 147 g/mol. The molecule has 3 N–H and O–H groups in total. The second kappa shape index (κ2) is 11.0. The van der Waals surface area contributed by atoms with E-state index < -0.39 is 12.4 Å². The van der Waals surface area contributed by atoms with E-state index in [-0.39, 0.29) is 29.6 Å². The summed E-state index contributed by atoms with van der Waals surface area (Å²) in [5.41, 5.74) is 0. The molecule has 0 atom stereocenters. The third-order valence-corrected chi connectivity index (χ3v) is 0. The molecule has 0 aromatic rings. The Kier molecular flexibility index (Phi) is 19.7. The van der Waals surface area contributed by atoms with Crippen molar-refractivity contribution in [3.8, 4) is 0 Å². The van der Waals surface area contributed by atoms with Gasteiger partial charge in [-0.05, 0) is 0 Å². The first-order valence-electron chi connectivity index (χ1n) is 1.32. The van der Waals surface area contributed by atoms with Crippen LogP contribution in [0.5, 0.6) is 0 Å². The van der Waals surface area contributed by atoms with E-state index in [1.54, 1.807) is 0 Å². The summed E-state index contributed by atoms with van der Waals surface area (Å²) in [5.74, 6) is 0. The molecule has 0 spiro atoms. The summed E-state index contributed by atoms with van der Waals surface area (Å²) in [6.45, 7) is 0. The van der Waals surface area contributed by atoms with E-state index in [0.717, 1.165) is 0 Å². The maximum atomic E-state index is 8.25. The minimum Gasteiger partial charge on any atom is -0.402 e. The molecular formula is H3BNNaO6. The number of hydrogen-bond donors (Lipinski definition) is 3. The topological polar surface area (TPSA) is 127 Å². The molecule has 7 nitrogen and oxygen atoms in total. The van der Waals surface area contributed by atoms with E-state index in [2.05, 4.69) is 0 Å². The summed E-state index contributed by atoms with van der Waals surface area (Å²) in [7, 11) is -2.17. The van der Waals surface area contributed by atoms with Gasteiger partial charge in [0.1, 0.15) is 0 Å². The molecule has 0 aliphatic heterocycles. The quantitative estimate of drug-likeness (QED) is 0.178. The molecule has 0 saturated heterocycles. The smallest absolute Gasteiger partial charge is 0.402 e. The van der Waals surface area contributed by atoms with Crippen molar-refractivity contribution in [2.45, 2.75) is 0 Å². The first kappa shape index (κ1) is 16.1. The molecule has 9 heteroatoms. The molecule has 0 fully saturated rings. The van der Waals surface area contributed by atoms with Crippen LogP contribution in [0.15, 0.2) is 0 Å². The molecule has 0 unspecified atom stereocenters. The van der Waals surface area contributed by atoms with Crippen LogP contribution in [0.25, 0.3) is 0 Å². The van der Waals surface area contributed by atoms with Gasteiger partial charge in [0.25, 0.3) is 0 Å². The Bertz CT molecular complexity index is 57.3. The SMILES string of the molecule is O=[N+]([O-])[O-].OB(O)O.[Na+]. The Balaban J connectivity index is -0.0000000720. The zero-order chi connectivity index (χ0) is 7.15. The van der Waals surface area contributed by atoms with Gasteiger partial charge in [-0.1, -0.05) is 0 Å². The van der Waals surface area contributed by atoms with Crippen LogP contribution >= 0.6 is 0 Å². The normalized spacial score (nSPS) is 5.67. The van der Waals surface area contributed by atoms with E-state index in [9.17, 15) is 0 Å². The van der Waals surface area contributed by atoms with E-state index in [0.29, 0.717) is 0 Å². The summed E-state index contributed by atoms with van der Waals surface area (Å²) in [6, 6.07) is 0. The Morgan fingerprint density at radius 2 is 1.22 bits per heavy atom. The molecule has 0 amide bonds. The average Bonchev–Trinajstić information content (AvgIpc) is 1.25. The minimum absolute atomic E-state index is 0. The van der Waals surface area contributed by atoms with Gasteiger partial charge in [-0.25, -0.2) is 0 Å². The van der Waals surface area contributed by atoms with Crippen LogP contribution in [0.2, 0.25) is 0 Å². The first-order valence-corrected chi connectivity index (χ1v) is 1.32. The van der Waals surface area contributed by atoms with Gasteiger partial charge < -0.3 is 30.4 Å². The fourth-order valence-electron chi connectivity index (χ4n) is 0. The van der Waals surface area contributed by atoms with Gasteiger partial charge >= 0.3 is 36.9 Å². The van der Waals surface area contributed by atoms with Crippen molar-refractivity contribution < 1.29 is 49.7 Å². The van der Waals surface area contributed by atoms with Crippen LogP contribution in [0, 0.1) is 15.3 Å². The van der Waals surface area contributed by atoms with Gasteiger partial charge in [0.05, 0.1) is 5.09 Å². The van der Waals surface area contributed by atoms with Crippen LogP contribution in [0.1, 0.15) is 0 Å². The zero-order valence-corrected chi connectivity index (χ0v) is 6.59. The Hall–Kier alpha value is 0.145. The van der Waals surface area contributed by atoms with Crippen LogP contribution < -0.4 is 29.6 Å². The van der Waals surface area contributed by atoms with E-state index in [4.69, 9.17) is 30.4 Å². The van der Waals surface area contributed by atoms with Gasteiger partial charge in [-0.3, -0.25) is 0 Å². The molecule has 0 rings (SSSR count). The molecule has 0 bridgehead atoms. The molecular weight excluding hydrogens is 144 g/mol. The monoisotopic (exact) mass is 147 g/mol. The van der Waals surface area contributed by atoms with Crippen molar-refractivity contribution in [3.63, 3.8) is 0 Å². The van der Waals surface area contributed by atoms with Crippen LogP contribution in [0.4, 0.5) is 0 Å². The molecule has 0 aromatic heterocycles. The van der Waals surface area contributed by atoms with Crippen molar-refractivity contribution in [3.05, 3.63) is 15.3 Å². The first-order chi connectivity index (χ1) is 3.46. The van der Waals surface area contributed by atoms with Crippen LogP contribution in [-0.4, -0.2) is 27.5 Å². The number of hydrogen-bond acceptors (Lipinski definition) is 6. The summed E-state index contributed by atoms with van der Waals surface area (Å²) in [4.78, 5) is 8.25. The molecule has 0 aliphatic carbocycles. The molecule has 0 heterocycles. The van der Waals surface area contributed by atoms with Crippen molar-refractivity contribution in [1.82, 2.24) is 0 Å². The van der Waals surface area contributed by atoms with Gasteiger partial charge in [-0.15, -0.1) is 0 Å². The Morgan fingerprint density at radius 3 is 1.22 bits per heavy atom. The van der Waals surface area contributed by atoms with Gasteiger partial charge in [0, 0.05) is 0 Å². The third kappa shape index (κ3) is 14600. The second-order valence-electron chi connectivity index (χ2n) is 0.570. The summed E-state index contributed by atoms with van der Waals surface area (Å²) in [6.07, 6.45) is 0. The Morgan fingerprint density at radius 1 is 1.22 bits per heavy atom. The standard InChI is InChI=1S/BH3O3.NO3.Na/c2*2-1(3)4;/h2-4H;;/q;-1;+1.